The number of hydrogen-bond donors (Lipinski definition) is 1. The normalized spacial score (nSPS) is 11.2. The van der Waals surface area contributed by atoms with E-state index in [-0.39, 0.29) is 12.3 Å². The van der Waals surface area contributed by atoms with Gasteiger partial charge < -0.3 is 10.1 Å². The molecule has 0 fully saturated rings. The zero-order valence-corrected chi connectivity index (χ0v) is 9.59. The lowest BCUT2D eigenvalue weighted by atomic mass is 10.3. The molecule has 3 nitrogen and oxygen atoms in total. The van der Waals surface area contributed by atoms with Crippen LogP contribution in [0.25, 0.3) is 0 Å². The Balaban J connectivity index is 2.77. The van der Waals surface area contributed by atoms with E-state index >= 15 is 0 Å². The molecule has 1 rings (SSSR count). The van der Waals surface area contributed by atoms with Crippen LogP contribution in [-0.4, -0.2) is 12.6 Å². The maximum atomic E-state index is 13.2. The molecule has 0 saturated heterocycles. The van der Waals surface area contributed by atoms with E-state index in [1.54, 1.807) is 13.8 Å². The minimum absolute atomic E-state index is 0.0250. The Morgan fingerprint density at radius 2 is 2.18 bits per heavy atom. The van der Waals surface area contributed by atoms with Crippen LogP contribution in [0, 0.1) is 11.6 Å². The standard InChI is InChI=1S/C12H13F2NO2/c1-3-17-12(16)6-8(2)15-11-7-9(13)4-5-10(11)14/h4-7,15H,3H2,1-2H3/b8-6-. The number of carbonyl (C=O) groups is 1. The van der Waals surface area contributed by atoms with E-state index in [0.29, 0.717) is 5.70 Å². The Labute approximate surface area is 98.1 Å². The van der Waals surface area contributed by atoms with E-state index in [1.807, 2.05) is 0 Å². The Bertz CT molecular complexity index is 444. The molecule has 0 unspecified atom stereocenters. The molecule has 17 heavy (non-hydrogen) atoms. The summed E-state index contributed by atoms with van der Waals surface area (Å²) in [6.45, 7) is 3.50. The molecule has 0 amide bonds. The highest BCUT2D eigenvalue weighted by Crippen LogP contribution is 2.17. The molecule has 0 heterocycles. The Kier molecular flexibility index (Phi) is 4.63. The summed E-state index contributed by atoms with van der Waals surface area (Å²) in [4.78, 5) is 11.1. The summed E-state index contributed by atoms with van der Waals surface area (Å²) in [6, 6.07) is 3.04. The first kappa shape index (κ1) is 13.2. The van der Waals surface area contributed by atoms with Gasteiger partial charge in [-0.2, -0.15) is 0 Å². The number of esters is 1. The molecular weight excluding hydrogens is 228 g/mol. The van der Waals surface area contributed by atoms with Gasteiger partial charge in [0.25, 0.3) is 0 Å². The van der Waals surface area contributed by atoms with Crippen LogP contribution in [-0.2, 0) is 9.53 Å². The van der Waals surface area contributed by atoms with Crippen molar-refractivity contribution in [3.63, 3.8) is 0 Å². The van der Waals surface area contributed by atoms with Crippen molar-refractivity contribution < 1.29 is 18.3 Å². The summed E-state index contributed by atoms with van der Waals surface area (Å²) >= 11 is 0. The van der Waals surface area contributed by atoms with Crippen molar-refractivity contribution in [3.05, 3.63) is 41.6 Å². The van der Waals surface area contributed by atoms with Gasteiger partial charge in [-0.1, -0.05) is 0 Å². The van der Waals surface area contributed by atoms with Gasteiger partial charge in [-0.15, -0.1) is 0 Å². The number of nitrogens with one attached hydrogen (secondary N) is 1. The summed E-state index contributed by atoms with van der Waals surface area (Å²) < 4.78 is 30.8. The van der Waals surface area contributed by atoms with Gasteiger partial charge in [0.05, 0.1) is 12.3 Å². The molecule has 0 spiro atoms. The van der Waals surface area contributed by atoms with Gasteiger partial charge in [0.1, 0.15) is 11.6 Å². The van der Waals surface area contributed by atoms with Gasteiger partial charge in [0, 0.05) is 17.8 Å². The summed E-state index contributed by atoms with van der Waals surface area (Å²) in [6.07, 6.45) is 1.17. The van der Waals surface area contributed by atoms with Crippen LogP contribution in [0.3, 0.4) is 0 Å². The number of benzene rings is 1. The molecular formula is C12H13F2NO2. The second-order valence-corrected chi connectivity index (χ2v) is 3.33. The molecule has 5 heteroatoms. The predicted molar refractivity (Wildman–Crippen MR) is 60.4 cm³/mol. The summed E-state index contributed by atoms with van der Waals surface area (Å²) in [5, 5.41) is 2.59. The van der Waals surface area contributed by atoms with Gasteiger partial charge in [0.2, 0.25) is 0 Å². The fraction of sp³-hybridized carbons (Fsp3) is 0.250. The number of hydrogen-bond acceptors (Lipinski definition) is 3. The van der Waals surface area contributed by atoms with Crippen LogP contribution in [0.2, 0.25) is 0 Å². The quantitative estimate of drug-likeness (QED) is 0.650. The Morgan fingerprint density at radius 3 is 2.82 bits per heavy atom. The van der Waals surface area contributed by atoms with Gasteiger partial charge in [-0.05, 0) is 26.0 Å². The van der Waals surface area contributed by atoms with E-state index in [9.17, 15) is 13.6 Å². The smallest absolute Gasteiger partial charge is 0.332 e. The van der Waals surface area contributed by atoms with Crippen molar-refractivity contribution in [2.45, 2.75) is 13.8 Å². The van der Waals surface area contributed by atoms with Crippen LogP contribution in [0.1, 0.15) is 13.8 Å². The number of halogens is 2. The maximum Gasteiger partial charge on any atom is 0.332 e. The molecule has 0 aliphatic rings. The van der Waals surface area contributed by atoms with E-state index in [2.05, 4.69) is 10.1 Å². The van der Waals surface area contributed by atoms with Gasteiger partial charge in [-0.25, -0.2) is 13.6 Å². The first-order chi connectivity index (χ1) is 8.02. The molecule has 92 valence electrons. The molecule has 0 saturated carbocycles. The Hall–Kier alpha value is -1.91. The average molecular weight is 241 g/mol. The molecule has 0 radical (unpaired) electrons. The van der Waals surface area contributed by atoms with Gasteiger partial charge >= 0.3 is 5.97 Å². The van der Waals surface area contributed by atoms with Gasteiger partial charge in [-0.3, -0.25) is 0 Å². The maximum absolute atomic E-state index is 13.2. The van der Waals surface area contributed by atoms with Crippen molar-refractivity contribution >= 4 is 11.7 Å². The molecule has 0 aliphatic carbocycles. The molecule has 0 aliphatic heterocycles. The number of anilines is 1. The monoisotopic (exact) mass is 241 g/mol. The van der Waals surface area contributed by atoms with Crippen molar-refractivity contribution in [1.29, 1.82) is 0 Å². The zero-order chi connectivity index (χ0) is 12.8. The molecule has 1 N–H and O–H groups in total. The average Bonchev–Trinajstić information content (AvgIpc) is 2.23. The number of carbonyl (C=O) groups excluding carboxylic acids is 1. The highest BCUT2D eigenvalue weighted by atomic mass is 19.1. The lowest BCUT2D eigenvalue weighted by molar-refractivity contribution is -0.137. The second-order valence-electron chi connectivity index (χ2n) is 3.33. The first-order valence-electron chi connectivity index (χ1n) is 5.10. The molecule has 0 atom stereocenters. The van der Waals surface area contributed by atoms with Crippen LogP contribution >= 0.6 is 0 Å². The summed E-state index contributed by atoms with van der Waals surface area (Å²) in [7, 11) is 0. The number of allylic oxidation sites excluding steroid dienone is 1. The number of rotatable bonds is 4. The third-order valence-corrected chi connectivity index (χ3v) is 1.88. The van der Waals surface area contributed by atoms with E-state index in [4.69, 9.17) is 0 Å². The van der Waals surface area contributed by atoms with Crippen LogP contribution < -0.4 is 5.32 Å². The van der Waals surface area contributed by atoms with Crippen LogP contribution in [0.4, 0.5) is 14.5 Å². The highest BCUT2D eigenvalue weighted by molar-refractivity contribution is 5.83. The SMILES string of the molecule is CCOC(=O)/C=C(/C)Nc1cc(F)ccc1F. The molecule has 0 bridgehead atoms. The molecule has 1 aromatic rings. The van der Waals surface area contributed by atoms with Crippen molar-refractivity contribution in [1.82, 2.24) is 0 Å². The van der Waals surface area contributed by atoms with Gasteiger partial charge in [0.15, 0.2) is 0 Å². The predicted octanol–water partition coefficient (Wildman–Crippen LogP) is 2.84. The van der Waals surface area contributed by atoms with E-state index in [1.165, 1.54) is 6.08 Å². The van der Waals surface area contributed by atoms with Crippen LogP contribution in [0.15, 0.2) is 30.0 Å². The van der Waals surface area contributed by atoms with Crippen molar-refractivity contribution in [2.75, 3.05) is 11.9 Å². The Morgan fingerprint density at radius 1 is 1.47 bits per heavy atom. The minimum atomic E-state index is -0.594. The molecule has 1 aromatic carbocycles. The largest absolute Gasteiger partial charge is 0.463 e. The second kappa shape index (κ2) is 5.98. The third kappa shape index (κ3) is 4.22. The summed E-state index contributed by atoms with van der Waals surface area (Å²) in [5.41, 5.74) is 0.344. The van der Waals surface area contributed by atoms with E-state index in [0.717, 1.165) is 18.2 Å². The fourth-order valence-electron chi connectivity index (χ4n) is 1.20. The number of ether oxygens (including phenoxy) is 1. The van der Waals surface area contributed by atoms with Crippen LogP contribution in [0.5, 0.6) is 0 Å². The summed E-state index contributed by atoms with van der Waals surface area (Å²) in [5.74, 6) is -1.69. The lowest BCUT2D eigenvalue weighted by Crippen LogP contribution is -2.05. The highest BCUT2D eigenvalue weighted by Gasteiger charge is 2.05. The third-order valence-electron chi connectivity index (χ3n) is 1.88. The van der Waals surface area contributed by atoms with Crippen molar-refractivity contribution in [2.24, 2.45) is 0 Å². The topological polar surface area (TPSA) is 38.3 Å². The van der Waals surface area contributed by atoms with E-state index < -0.39 is 17.6 Å². The fourth-order valence-corrected chi connectivity index (χ4v) is 1.20. The molecule has 0 aromatic heterocycles. The minimum Gasteiger partial charge on any atom is -0.463 e. The first-order valence-corrected chi connectivity index (χ1v) is 5.10. The lowest BCUT2D eigenvalue weighted by Gasteiger charge is -2.07. The van der Waals surface area contributed by atoms with Crippen molar-refractivity contribution in [3.8, 4) is 0 Å². The zero-order valence-electron chi connectivity index (χ0n) is 9.59.